The number of esters is 1. The normalized spacial score (nSPS) is 16.0. The minimum Gasteiger partial charge on any atom is -0.465 e. The lowest BCUT2D eigenvalue weighted by molar-refractivity contribution is 0.0600. The molecule has 4 rings (SSSR count). The maximum absolute atomic E-state index is 13.0. The summed E-state index contributed by atoms with van der Waals surface area (Å²) < 4.78 is 36.9. The van der Waals surface area contributed by atoms with Gasteiger partial charge in [-0.3, -0.25) is 4.79 Å². The van der Waals surface area contributed by atoms with Crippen molar-refractivity contribution in [3.63, 3.8) is 0 Å². The van der Waals surface area contributed by atoms with Gasteiger partial charge in [-0.15, -0.1) is 11.3 Å². The summed E-state index contributed by atoms with van der Waals surface area (Å²) in [6.07, 6.45) is 1.67. The third-order valence-electron chi connectivity index (χ3n) is 6.02. The summed E-state index contributed by atoms with van der Waals surface area (Å²) in [4.78, 5) is 40.1. The van der Waals surface area contributed by atoms with Crippen LogP contribution in [0.4, 0.5) is 9.80 Å². The predicted octanol–water partition coefficient (Wildman–Crippen LogP) is 3.09. The van der Waals surface area contributed by atoms with Crippen LogP contribution in [-0.2, 0) is 32.5 Å². The summed E-state index contributed by atoms with van der Waals surface area (Å²) in [5, 5.41) is 3.09. The van der Waals surface area contributed by atoms with Gasteiger partial charge in [0.1, 0.15) is 5.00 Å². The first-order valence-electron chi connectivity index (χ1n) is 11.3. The molecule has 2 aliphatic rings. The van der Waals surface area contributed by atoms with Crippen molar-refractivity contribution in [2.24, 2.45) is 0 Å². The number of sulfonamides is 1. The fourth-order valence-electron chi connectivity index (χ4n) is 4.21. The fraction of sp³-hybridized carbons (Fsp3) is 0.435. The second-order valence-corrected chi connectivity index (χ2v) is 11.2. The second-order valence-electron chi connectivity index (χ2n) is 8.16. The van der Waals surface area contributed by atoms with Gasteiger partial charge in [-0.1, -0.05) is 0 Å². The predicted molar refractivity (Wildman–Crippen MR) is 129 cm³/mol. The first kappa shape index (κ1) is 25.1. The highest BCUT2D eigenvalue weighted by Crippen LogP contribution is 2.38. The SMILES string of the molecule is CCOC(=O)N1CCc2c(sc(NC(=O)c3ccc(S(=O)(=O)N4CCCC4)cc3)c2C(=O)OC)C1. The molecule has 0 unspecified atom stereocenters. The summed E-state index contributed by atoms with van der Waals surface area (Å²) in [7, 11) is -2.31. The largest absolute Gasteiger partial charge is 0.465 e. The molecule has 2 aliphatic heterocycles. The van der Waals surface area contributed by atoms with Crippen LogP contribution in [0.1, 0.15) is 50.9 Å². The highest BCUT2D eigenvalue weighted by atomic mass is 32.2. The van der Waals surface area contributed by atoms with Gasteiger partial charge in [-0.05, 0) is 56.0 Å². The van der Waals surface area contributed by atoms with Crippen LogP contribution in [0.3, 0.4) is 0 Å². The third kappa shape index (κ3) is 5.04. The Bertz CT molecular complexity index is 1230. The lowest BCUT2D eigenvalue weighted by Gasteiger charge is -2.26. The lowest BCUT2D eigenvalue weighted by Crippen LogP contribution is -2.36. The Balaban J connectivity index is 1.55. The van der Waals surface area contributed by atoms with Gasteiger partial charge in [0.05, 0.1) is 30.7 Å². The Labute approximate surface area is 207 Å². The van der Waals surface area contributed by atoms with Crippen molar-refractivity contribution in [3.05, 3.63) is 45.8 Å². The van der Waals surface area contributed by atoms with Crippen molar-refractivity contribution in [2.45, 2.75) is 37.6 Å². The van der Waals surface area contributed by atoms with Crippen molar-refractivity contribution in [3.8, 4) is 0 Å². The standard InChI is InChI=1S/C23H27N3O7S2/c1-3-33-23(29)25-13-10-17-18(14-25)34-21(19(17)22(28)32-2)24-20(27)15-6-8-16(9-7-15)35(30,31)26-11-4-5-12-26/h6-9H,3-5,10-14H2,1-2H3,(H,24,27). The van der Waals surface area contributed by atoms with E-state index in [0.717, 1.165) is 23.3 Å². The van der Waals surface area contributed by atoms with Gasteiger partial charge < -0.3 is 19.7 Å². The number of rotatable bonds is 6. The zero-order chi connectivity index (χ0) is 25.2. The number of anilines is 1. The Morgan fingerprint density at radius 2 is 1.77 bits per heavy atom. The van der Waals surface area contributed by atoms with Gasteiger partial charge in [-0.2, -0.15) is 4.31 Å². The molecule has 10 nitrogen and oxygen atoms in total. The van der Waals surface area contributed by atoms with E-state index >= 15 is 0 Å². The summed E-state index contributed by atoms with van der Waals surface area (Å²) >= 11 is 1.21. The van der Waals surface area contributed by atoms with Crippen molar-refractivity contribution in [1.82, 2.24) is 9.21 Å². The number of ether oxygens (including phenoxy) is 2. The number of nitrogens with zero attached hydrogens (tertiary/aromatic N) is 2. The molecule has 1 aromatic carbocycles. The van der Waals surface area contributed by atoms with Crippen LogP contribution < -0.4 is 5.32 Å². The Morgan fingerprint density at radius 1 is 1.09 bits per heavy atom. The molecule has 0 aliphatic carbocycles. The number of carbonyl (C=O) groups is 3. The minimum atomic E-state index is -3.58. The number of carbonyl (C=O) groups excluding carboxylic acids is 3. The minimum absolute atomic E-state index is 0.136. The summed E-state index contributed by atoms with van der Waals surface area (Å²) in [5.74, 6) is -1.06. The number of thiophene rings is 1. The highest BCUT2D eigenvalue weighted by Gasteiger charge is 2.32. The van der Waals surface area contributed by atoms with Gasteiger partial charge >= 0.3 is 12.1 Å². The maximum atomic E-state index is 13.0. The van der Waals surface area contributed by atoms with Crippen molar-refractivity contribution < 1.29 is 32.3 Å². The van der Waals surface area contributed by atoms with Crippen LogP contribution >= 0.6 is 11.3 Å². The van der Waals surface area contributed by atoms with Crippen LogP contribution in [0, 0.1) is 0 Å². The fourth-order valence-corrected chi connectivity index (χ4v) is 6.97. The van der Waals surface area contributed by atoms with Gasteiger partial charge in [0.25, 0.3) is 5.91 Å². The van der Waals surface area contributed by atoms with Crippen LogP contribution in [0.2, 0.25) is 0 Å². The average Bonchev–Trinajstić information content (AvgIpc) is 3.52. The molecule has 2 amide bonds. The second kappa shape index (κ2) is 10.3. The van der Waals surface area contributed by atoms with E-state index in [2.05, 4.69) is 5.32 Å². The quantitative estimate of drug-likeness (QED) is 0.580. The highest BCUT2D eigenvalue weighted by molar-refractivity contribution is 7.89. The van der Waals surface area contributed by atoms with Crippen molar-refractivity contribution in [1.29, 1.82) is 0 Å². The van der Waals surface area contributed by atoms with E-state index in [1.165, 1.54) is 47.0 Å². The van der Waals surface area contributed by atoms with Crippen molar-refractivity contribution >= 4 is 44.3 Å². The molecule has 35 heavy (non-hydrogen) atoms. The number of hydrogen-bond donors (Lipinski definition) is 1. The number of nitrogens with one attached hydrogen (secondary N) is 1. The number of fused-ring (bicyclic) bond motifs is 1. The van der Waals surface area contributed by atoms with Gasteiger partial charge in [0.2, 0.25) is 10.0 Å². The molecule has 0 spiro atoms. The van der Waals surface area contributed by atoms with Gasteiger partial charge in [-0.25, -0.2) is 18.0 Å². The first-order chi connectivity index (χ1) is 16.8. The molecule has 0 saturated carbocycles. The number of amides is 2. The van der Waals surface area contributed by atoms with Crippen LogP contribution in [0.25, 0.3) is 0 Å². The molecule has 0 atom stereocenters. The first-order valence-corrected chi connectivity index (χ1v) is 13.6. The van der Waals surface area contributed by atoms with Crippen molar-refractivity contribution in [2.75, 3.05) is 38.7 Å². The van der Waals surface area contributed by atoms with Gasteiger partial charge in [0, 0.05) is 30.1 Å². The average molecular weight is 522 g/mol. The van der Waals surface area contributed by atoms with E-state index in [1.54, 1.807) is 11.8 Å². The third-order valence-corrected chi connectivity index (χ3v) is 9.06. The molecule has 12 heteroatoms. The van der Waals surface area contributed by atoms with E-state index in [9.17, 15) is 22.8 Å². The Kier molecular flexibility index (Phi) is 7.43. The number of methoxy groups -OCH3 is 1. The Morgan fingerprint density at radius 3 is 2.40 bits per heavy atom. The molecular formula is C23H27N3O7S2. The van der Waals surface area contributed by atoms with E-state index in [0.29, 0.717) is 31.1 Å². The molecule has 1 saturated heterocycles. The lowest BCUT2D eigenvalue weighted by atomic mass is 10.0. The Hall–Kier alpha value is -2.96. The summed E-state index contributed by atoms with van der Waals surface area (Å²) in [6.45, 7) is 3.64. The van der Waals surface area contributed by atoms with Crippen LogP contribution in [0.15, 0.2) is 29.2 Å². The molecular weight excluding hydrogens is 494 g/mol. The number of benzene rings is 1. The summed E-state index contributed by atoms with van der Waals surface area (Å²) in [5.41, 5.74) is 1.27. The van der Waals surface area contributed by atoms with Gasteiger partial charge in [0.15, 0.2) is 0 Å². The van der Waals surface area contributed by atoms with E-state index < -0.39 is 28.0 Å². The molecule has 1 aromatic heterocycles. The van der Waals surface area contributed by atoms with E-state index in [-0.39, 0.29) is 29.2 Å². The summed E-state index contributed by atoms with van der Waals surface area (Å²) in [6, 6.07) is 5.74. The zero-order valence-electron chi connectivity index (χ0n) is 19.5. The van der Waals surface area contributed by atoms with Crippen LogP contribution in [-0.4, -0.2) is 68.9 Å². The number of hydrogen-bond acceptors (Lipinski definition) is 8. The molecule has 188 valence electrons. The van der Waals surface area contributed by atoms with E-state index in [4.69, 9.17) is 9.47 Å². The van der Waals surface area contributed by atoms with E-state index in [1.807, 2.05) is 0 Å². The topological polar surface area (TPSA) is 122 Å². The molecule has 3 heterocycles. The molecule has 2 aromatic rings. The maximum Gasteiger partial charge on any atom is 0.410 e. The molecule has 0 radical (unpaired) electrons. The molecule has 1 fully saturated rings. The molecule has 1 N–H and O–H groups in total. The van der Waals surface area contributed by atoms with Crippen LogP contribution in [0.5, 0.6) is 0 Å². The zero-order valence-corrected chi connectivity index (χ0v) is 21.2. The molecule has 0 bridgehead atoms. The monoisotopic (exact) mass is 521 g/mol. The smallest absolute Gasteiger partial charge is 0.410 e.